The molecule has 2 aliphatic rings. The van der Waals surface area contributed by atoms with Crippen LogP contribution in [-0.2, 0) is 15.0 Å². The van der Waals surface area contributed by atoms with Crippen molar-refractivity contribution in [3.05, 3.63) is 136 Å². The molecule has 2 heterocycles. The Morgan fingerprint density at radius 2 is 1.51 bits per heavy atom. The van der Waals surface area contributed by atoms with Gasteiger partial charge in [0.1, 0.15) is 5.41 Å². The Bertz CT molecular complexity index is 1730. The molecular formula is C40H44ClN3O3. The molecule has 0 radical (unpaired) electrons. The molecule has 4 aromatic rings. The molecule has 2 N–H and O–H groups in total. The smallest absolute Gasteiger partial charge is 0.240 e. The van der Waals surface area contributed by atoms with Crippen molar-refractivity contribution in [1.29, 1.82) is 0 Å². The van der Waals surface area contributed by atoms with Crippen molar-refractivity contribution in [2.75, 3.05) is 19.4 Å². The van der Waals surface area contributed by atoms with E-state index >= 15 is 4.79 Å². The first kappa shape index (κ1) is 33.0. The predicted molar refractivity (Wildman–Crippen MR) is 188 cm³/mol. The third kappa shape index (κ3) is 5.67. The average molecular weight is 650 g/mol. The van der Waals surface area contributed by atoms with Gasteiger partial charge in [-0.3, -0.25) is 14.5 Å². The van der Waals surface area contributed by atoms with Crippen molar-refractivity contribution in [3.8, 4) is 0 Å². The minimum atomic E-state index is -1.17. The largest absolute Gasteiger partial charge is 0.386 e. The van der Waals surface area contributed by atoms with E-state index in [1.54, 1.807) is 19.0 Å². The molecule has 4 aromatic carbocycles. The topological polar surface area (TPSA) is 72.9 Å². The zero-order chi connectivity index (χ0) is 33.5. The molecule has 1 saturated heterocycles. The number of halogens is 1. The van der Waals surface area contributed by atoms with E-state index < -0.39 is 35.6 Å². The van der Waals surface area contributed by atoms with Crippen LogP contribution in [0, 0.1) is 5.41 Å². The standard InChI is InChI=1S/C40H44ClN3O3/c1-6-39(2,3)25-32-40(30-23-22-29(41)24-31(30)42-38(40)47)33(26-16-10-7-11-17-26)35(37(46)43(4)5)44(32)34(27-18-12-8-13-19-27)36(45)28-20-14-9-15-21-28/h7-24,32-36,45H,6,25H2,1-5H3,(H,42,47)/t32-,33+,34-,35-,36+,40+/m1/s1. The van der Waals surface area contributed by atoms with Crippen LogP contribution in [0.4, 0.5) is 5.69 Å². The zero-order valence-electron chi connectivity index (χ0n) is 27.7. The summed E-state index contributed by atoms with van der Waals surface area (Å²) in [6.45, 7) is 6.61. The summed E-state index contributed by atoms with van der Waals surface area (Å²) < 4.78 is 0. The van der Waals surface area contributed by atoms with Gasteiger partial charge in [-0.1, -0.05) is 136 Å². The summed E-state index contributed by atoms with van der Waals surface area (Å²) in [6.07, 6.45) is 0.468. The van der Waals surface area contributed by atoms with Gasteiger partial charge >= 0.3 is 0 Å². The van der Waals surface area contributed by atoms with Gasteiger partial charge in [-0.05, 0) is 46.2 Å². The molecule has 244 valence electrons. The lowest BCUT2D eigenvalue weighted by molar-refractivity contribution is -0.137. The first-order chi connectivity index (χ1) is 22.5. The number of nitrogens with one attached hydrogen (secondary N) is 1. The number of carbonyl (C=O) groups is 2. The Hall–Kier alpha value is -3.97. The van der Waals surface area contributed by atoms with Gasteiger partial charge in [0.25, 0.3) is 0 Å². The molecule has 0 bridgehead atoms. The second kappa shape index (κ2) is 12.9. The van der Waals surface area contributed by atoms with E-state index in [1.165, 1.54) is 0 Å². The number of benzene rings is 4. The maximum Gasteiger partial charge on any atom is 0.240 e. The number of anilines is 1. The van der Waals surface area contributed by atoms with Crippen molar-refractivity contribution in [3.63, 3.8) is 0 Å². The average Bonchev–Trinajstić information content (AvgIpc) is 3.52. The zero-order valence-corrected chi connectivity index (χ0v) is 28.5. The van der Waals surface area contributed by atoms with Crippen LogP contribution < -0.4 is 5.32 Å². The van der Waals surface area contributed by atoms with Crippen molar-refractivity contribution in [1.82, 2.24) is 9.80 Å². The Morgan fingerprint density at radius 3 is 2.09 bits per heavy atom. The highest BCUT2D eigenvalue weighted by atomic mass is 35.5. The number of amides is 2. The first-order valence-corrected chi connectivity index (χ1v) is 16.8. The Kier molecular flexibility index (Phi) is 9.05. The molecule has 2 aliphatic heterocycles. The van der Waals surface area contributed by atoms with E-state index in [-0.39, 0.29) is 17.2 Å². The van der Waals surface area contributed by atoms with Crippen LogP contribution >= 0.6 is 11.6 Å². The van der Waals surface area contributed by atoms with Gasteiger partial charge in [0.05, 0.1) is 18.2 Å². The normalized spacial score (nSPS) is 23.7. The highest BCUT2D eigenvalue weighted by molar-refractivity contribution is 6.31. The van der Waals surface area contributed by atoms with Gasteiger partial charge in [0, 0.05) is 36.8 Å². The van der Waals surface area contributed by atoms with Crippen molar-refractivity contribution in [2.24, 2.45) is 5.41 Å². The molecule has 0 saturated carbocycles. The second-order valence-corrected chi connectivity index (χ2v) is 14.4. The Morgan fingerprint density at radius 1 is 0.936 bits per heavy atom. The van der Waals surface area contributed by atoms with Gasteiger partial charge < -0.3 is 15.3 Å². The number of likely N-dealkylation sites (N-methyl/N-ethyl adjacent to an activating group) is 1. The molecule has 1 spiro atoms. The summed E-state index contributed by atoms with van der Waals surface area (Å²) in [5.41, 5.74) is 2.63. The first-order valence-electron chi connectivity index (χ1n) is 16.4. The highest BCUT2D eigenvalue weighted by Gasteiger charge is 2.70. The van der Waals surface area contributed by atoms with E-state index in [4.69, 9.17) is 11.6 Å². The summed E-state index contributed by atoms with van der Waals surface area (Å²) >= 11 is 6.52. The molecule has 7 heteroatoms. The quantitative estimate of drug-likeness (QED) is 0.194. The number of fused-ring (bicyclic) bond motifs is 2. The van der Waals surface area contributed by atoms with Gasteiger partial charge in [-0.25, -0.2) is 0 Å². The van der Waals surface area contributed by atoms with Gasteiger partial charge in [-0.2, -0.15) is 0 Å². The third-order valence-electron chi connectivity index (χ3n) is 10.5. The SMILES string of the molecule is CCC(C)(C)C[C@H]1N([C@H](c2ccccc2)[C@@H](O)c2ccccc2)[C@@H](C(=O)N(C)C)[C@H](c2ccccc2)[C@@]12C(=O)Nc1cc(Cl)ccc12. The van der Waals surface area contributed by atoms with Crippen molar-refractivity contribution < 1.29 is 14.7 Å². The molecule has 47 heavy (non-hydrogen) atoms. The van der Waals surface area contributed by atoms with E-state index in [0.29, 0.717) is 17.1 Å². The Balaban J connectivity index is 1.74. The molecule has 6 nitrogen and oxygen atoms in total. The molecule has 0 unspecified atom stereocenters. The van der Waals surface area contributed by atoms with Crippen LogP contribution in [0.2, 0.25) is 5.02 Å². The fourth-order valence-electron chi connectivity index (χ4n) is 7.97. The van der Waals surface area contributed by atoms with E-state index in [0.717, 1.165) is 28.7 Å². The molecule has 6 rings (SSSR count). The molecule has 2 amide bonds. The van der Waals surface area contributed by atoms with Crippen molar-refractivity contribution >= 4 is 29.1 Å². The number of nitrogens with zero attached hydrogens (tertiary/aromatic N) is 2. The number of aliphatic hydroxyl groups excluding tert-OH is 1. The summed E-state index contributed by atoms with van der Waals surface area (Å²) in [4.78, 5) is 33.8. The lowest BCUT2D eigenvalue weighted by atomic mass is 9.62. The predicted octanol–water partition coefficient (Wildman–Crippen LogP) is 7.76. The summed E-state index contributed by atoms with van der Waals surface area (Å²) in [5, 5.41) is 16.3. The minimum Gasteiger partial charge on any atom is -0.386 e. The summed E-state index contributed by atoms with van der Waals surface area (Å²) in [7, 11) is 3.54. The number of rotatable bonds is 9. The maximum absolute atomic E-state index is 15.0. The van der Waals surface area contributed by atoms with E-state index in [1.807, 2.05) is 109 Å². The van der Waals surface area contributed by atoms with Crippen LogP contribution in [0.3, 0.4) is 0 Å². The van der Waals surface area contributed by atoms with Crippen LogP contribution in [0.1, 0.15) is 73.9 Å². The van der Waals surface area contributed by atoms with Crippen molar-refractivity contribution in [2.45, 2.75) is 69.2 Å². The number of likely N-dealkylation sites (tertiary alicyclic amines) is 1. The fraction of sp³-hybridized carbons (Fsp3) is 0.350. The van der Waals surface area contributed by atoms with Crippen LogP contribution in [0.15, 0.2) is 109 Å². The number of hydrogen-bond donors (Lipinski definition) is 2. The molecular weight excluding hydrogens is 606 g/mol. The summed E-state index contributed by atoms with van der Waals surface area (Å²) in [6, 6.07) is 33.2. The number of carbonyl (C=O) groups excluding carboxylic acids is 2. The number of hydrogen-bond acceptors (Lipinski definition) is 4. The highest BCUT2D eigenvalue weighted by Crippen LogP contribution is 2.62. The van der Waals surface area contributed by atoms with Crippen LogP contribution in [-0.4, -0.2) is 52.9 Å². The van der Waals surface area contributed by atoms with Crippen LogP contribution in [0.5, 0.6) is 0 Å². The van der Waals surface area contributed by atoms with E-state index in [9.17, 15) is 9.90 Å². The van der Waals surface area contributed by atoms with E-state index in [2.05, 4.69) is 31.0 Å². The van der Waals surface area contributed by atoms with Crippen LogP contribution in [0.25, 0.3) is 0 Å². The molecule has 6 atom stereocenters. The molecule has 0 aromatic heterocycles. The number of aliphatic hydroxyl groups is 1. The lowest BCUT2D eigenvalue weighted by Gasteiger charge is -2.44. The monoisotopic (exact) mass is 649 g/mol. The minimum absolute atomic E-state index is 0.119. The van der Waals surface area contributed by atoms with Gasteiger partial charge in [-0.15, -0.1) is 0 Å². The second-order valence-electron chi connectivity index (χ2n) is 14.0. The molecule has 0 aliphatic carbocycles. The third-order valence-corrected chi connectivity index (χ3v) is 10.8. The fourth-order valence-corrected chi connectivity index (χ4v) is 8.14. The summed E-state index contributed by atoms with van der Waals surface area (Å²) in [5.74, 6) is -0.847. The van der Waals surface area contributed by atoms with Gasteiger partial charge in [0.15, 0.2) is 0 Å². The maximum atomic E-state index is 15.0. The lowest BCUT2D eigenvalue weighted by Crippen LogP contribution is -2.53. The van der Waals surface area contributed by atoms with Gasteiger partial charge in [0.2, 0.25) is 11.8 Å². The Labute approximate surface area is 283 Å². The molecule has 1 fully saturated rings.